The molecular weight excluding hydrogens is 328 g/mol. The second-order valence-electron chi connectivity index (χ2n) is 8.63. The van der Waals surface area contributed by atoms with E-state index < -0.39 is 0 Å². The van der Waals surface area contributed by atoms with Gasteiger partial charge in [-0.2, -0.15) is 0 Å². The van der Waals surface area contributed by atoms with E-state index >= 15 is 0 Å². The van der Waals surface area contributed by atoms with Crippen LogP contribution in [0.3, 0.4) is 0 Å². The van der Waals surface area contributed by atoms with Crippen molar-refractivity contribution in [2.45, 2.75) is 43.4 Å². The zero-order valence-electron chi connectivity index (χ0n) is 16.5. The molecule has 2 fully saturated rings. The van der Waals surface area contributed by atoms with E-state index in [-0.39, 0.29) is 5.66 Å². The van der Waals surface area contributed by atoms with Gasteiger partial charge in [0.05, 0.1) is 17.7 Å². The highest BCUT2D eigenvalue weighted by Gasteiger charge is 2.61. The highest BCUT2D eigenvalue weighted by atomic mass is 15.5. The summed E-state index contributed by atoms with van der Waals surface area (Å²) in [7, 11) is 4.77. The molecule has 2 aliphatic carbocycles. The standard InChI is InChI=1S/C25H30N2/c1-26-23(20-12-5-3-6-13-20)24(21-14-7-4-8-15-21)27(2)25(26)18-17-19-11-9-10-16-22(19)25/h3-9,11-15,19,22-24H,10,16-18H2,1-2H3/t19-,22-,23-,24-/m0/s1. The van der Waals surface area contributed by atoms with Crippen molar-refractivity contribution in [1.82, 2.24) is 9.80 Å². The van der Waals surface area contributed by atoms with Crippen molar-refractivity contribution in [1.29, 1.82) is 0 Å². The van der Waals surface area contributed by atoms with Gasteiger partial charge in [-0.1, -0.05) is 72.8 Å². The Bertz CT molecular complexity index is 761. The van der Waals surface area contributed by atoms with Crippen molar-refractivity contribution in [2.24, 2.45) is 11.8 Å². The quantitative estimate of drug-likeness (QED) is 0.662. The average Bonchev–Trinajstić information content (AvgIpc) is 3.22. The van der Waals surface area contributed by atoms with Crippen LogP contribution < -0.4 is 0 Å². The Morgan fingerprint density at radius 3 is 1.89 bits per heavy atom. The van der Waals surface area contributed by atoms with Gasteiger partial charge in [-0.3, -0.25) is 9.80 Å². The summed E-state index contributed by atoms with van der Waals surface area (Å²) in [5.74, 6) is 1.48. The number of allylic oxidation sites excluding steroid dienone is 2. The summed E-state index contributed by atoms with van der Waals surface area (Å²) in [5, 5.41) is 0. The molecule has 2 aromatic carbocycles. The molecule has 27 heavy (non-hydrogen) atoms. The average molecular weight is 359 g/mol. The number of rotatable bonds is 2. The van der Waals surface area contributed by atoms with Gasteiger partial charge in [0.25, 0.3) is 0 Å². The lowest BCUT2D eigenvalue weighted by Gasteiger charge is -2.46. The molecular formula is C25H30N2. The molecule has 3 aliphatic rings. The lowest BCUT2D eigenvalue weighted by Crippen LogP contribution is -2.54. The Morgan fingerprint density at radius 1 is 0.778 bits per heavy atom. The fourth-order valence-corrected chi connectivity index (χ4v) is 6.47. The number of hydrogen-bond donors (Lipinski definition) is 0. The largest absolute Gasteiger partial charge is 0.279 e. The first kappa shape index (κ1) is 17.2. The Balaban J connectivity index is 1.64. The summed E-state index contributed by atoms with van der Waals surface area (Å²) in [5.41, 5.74) is 3.04. The van der Waals surface area contributed by atoms with E-state index in [1.54, 1.807) is 0 Å². The van der Waals surface area contributed by atoms with Gasteiger partial charge in [0.1, 0.15) is 0 Å². The Morgan fingerprint density at radius 2 is 1.33 bits per heavy atom. The smallest absolute Gasteiger partial charge is 0.0779 e. The zero-order chi connectivity index (χ0) is 18.4. The van der Waals surface area contributed by atoms with Crippen LogP contribution in [0.1, 0.15) is 48.9 Å². The summed E-state index contributed by atoms with van der Waals surface area (Å²) in [6.45, 7) is 0. The summed E-state index contributed by atoms with van der Waals surface area (Å²) in [6, 6.07) is 23.1. The van der Waals surface area contributed by atoms with Crippen LogP contribution in [0.2, 0.25) is 0 Å². The molecule has 0 aromatic heterocycles. The van der Waals surface area contributed by atoms with Gasteiger partial charge in [0.15, 0.2) is 0 Å². The monoisotopic (exact) mass is 358 g/mol. The predicted octanol–water partition coefficient (Wildman–Crippen LogP) is 5.42. The highest BCUT2D eigenvalue weighted by Crippen LogP contribution is 2.60. The molecule has 0 radical (unpaired) electrons. The zero-order valence-corrected chi connectivity index (χ0v) is 16.5. The van der Waals surface area contributed by atoms with Gasteiger partial charge in [-0.05, 0) is 62.7 Å². The van der Waals surface area contributed by atoms with Gasteiger partial charge in [-0.15, -0.1) is 0 Å². The van der Waals surface area contributed by atoms with E-state index in [9.17, 15) is 0 Å². The van der Waals surface area contributed by atoms with Crippen molar-refractivity contribution in [3.05, 3.63) is 83.9 Å². The molecule has 2 aromatic rings. The third-order valence-corrected chi connectivity index (χ3v) is 7.62. The molecule has 0 bridgehead atoms. The minimum Gasteiger partial charge on any atom is -0.279 e. The number of hydrogen-bond acceptors (Lipinski definition) is 2. The van der Waals surface area contributed by atoms with Crippen LogP contribution >= 0.6 is 0 Å². The van der Waals surface area contributed by atoms with Crippen LogP contribution in [-0.4, -0.2) is 29.6 Å². The molecule has 1 spiro atoms. The molecule has 4 atom stereocenters. The van der Waals surface area contributed by atoms with Gasteiger partial charge >= 0.3 is 0 Å². The fraction of sp³-hybridized carbons (Fsp3) is 0.440. The van der Waals surface area contributed by atoms with Crippen molar-refractivity contribution in [3.63, 3.8) is 0 Å². The fourth-order valence-electron chi connectivity index (χ4n) is 6.47. The molecule has 1 heterocycles. The molecule has 0 amide bonds. The van der Waals surface area contributed by atoms with E-state index in [1.807, 2.05) is 0 Å². The minimum atomic E-state index is 0.163. The number of fused-ring (bicyclic) bond motifs is 2. The maximum Gasteiger partial charge on any atom is 0.0779 e. The van der Waals surface area contributed by atoms with Gasteiger partial charge in [0, 0.05) is 0 Å². The summed E-state index contributed by atoms with van der Waals surface area (Å²) in [4.78, 5) is 5.48. The van der Waals surface area contributed by atoms with Crippen LogP contribution in [0.25, 0.3) is 0 Å². The van der Waals surface area contributed by atoms with Crippen molar-refractivity contribution in [2.75, 3.05) is 14.1 Å². The Labute approximate surface area is 163 Å². The molecule has 140 valence electrons. The van der Waals surface area contributed by atoms with E-state index in [4.69, 9.17) is 0 Å². The van der Waals surface area contributed by atoms with Crippen LogP contribution in [0, 0.1) is 11.8 Å². The first-order chi connectivity index (χ1) is 13.2. The number of benzene rings is 2. The summed E-state index contributed by atoms with van der Waals surface area (Å²) < 4.78 is 0. The SMILES string of the molecule is CN1[C@@H](c2ccccc2)[C@H](c2ccccc2)N(C)C12CC[C@@H]1C=CCC[C@@H]12. The molecule has 5 rings (SSSR count). The number of likely N-dealkylation sites (N-methyl/N-ethyl adjacent to an activating group) is 2. The summed E-state index contributed by atoms with van der Waals surface area (Å²) in [6.07, 6.45) is 10.1. The predicted molar refractivity (Wildman–Crippen MR) is 111 cm³/mol. The molecule has 1 saturated heterocycles. The summed E-state index contributed by atoms with van der Waals surface area (Å²) >= 11 is 0. The molecule has 0 N–H and O–H groups in total. The Hall–Kier alpha value is -1.90. The van der Waals surface area contributed by atoms with Gasteiger partial charge in [-0.25, -0.2) is 0 Å². The van der Waals surface area contributed by atoms with Crippen LogP contribution in [0.5, 0.6) is 0 Å². The lowest BCUT2D eigenvalue weighted by molar-refractivity contribution is -0.0171. The van der Waals surface area contributed by atoms with E-state index in [1.165, 1.54) is 36.8 Å². The third-order valence-electron chi connectivity index (χ3n) is 7.62. The maximum atomic E-state index is 2.74. The second-order valence-corrected chi connectivity index (χ2v) is 8.63. The third kappa shape index (κ3) is 2.47. The first-order valence-electron chi connectivity index (χ1n) is 10.5. The van der Waals surface area contributed by atoms with E-state index in [0.29, 0.717) is 12.1 Å². The van der Waals surface area contributed by atoms with Crippen molar-refractivity contribution >= 4 is 0 Å². The molecule has 1 aliphatic heterocycles. The van der Waals surface area contributed by atoms with Gasteiger partial charge < -0.3 is 0 Å². The molecule has 1 saturated carbocycles. The van der Waals surface area contributed by atoms with E-state index in [2.05, 4.69) is 96.7 Å². The Kier molecular flexibility index (Phi) is 4.22. The van der Waals surface area contributed by atoms with Crippen molar-refractivity contribution < 1.29 is 0 Å². The van der Waals surface area contributed by atoms with Crippen molar-refractivity contribution in [3.8, 4) is 0 Å². The molecule has 0 unspecified atom stereocenters. The highest BCUT2D eigenvalue weighted by molar-refractivity contribution is 5.32. The second kappa shape index (κ2) is 6.61. The first-order valence-corrected chi connectivity index (χ1v) is 10.5. The topological polar surface area (TPSA) is 6.48 Å². The lowest BCUT2D eigenvalue weighted by atomic mass is 9.81. The normalized spacial score (nSPS) is 32.8. The maximum absolute atomic E-state index is 2.74. The van der Waals surface area contributed by atoms with E-state index in [0.717, 1.165) is 11.8 Å². The number of nitrogens with zero attached hydrogens (tertiary/aromatic N) is 2. The molecule has 2 heteroatoms. The van der Waals surface area contributed by atoms with Gasteiger partial charge in [0.2, 0.25) is 0 Å². The molecule has 2 nitrogen and oxygen atoms in total. The minimum absolute atomic E-state index is 0.163. The van der Waals surface area contributed by atoms with Crippen LogP contribution in [0.4, 0.5) is 0 Å². The van der Waals surface area contributed by atoms with Crippen LogP contribution in [-0.2, 0) is 0 Å². The van der Waals surface area contributed by atoms with Crippen LogP contribution in [0.15, 0.2) is 72.8 Å².